The number of ketones is 1. The van der Waals surface area contributed by atoms with E-state index in [1.807, 2.05) is 27.7 Å². The van der Waals surface area contributed by atoms with Gasteiger partial charge in [-0.15, -0.1) is 0 Å². The van der Waals surface area contributed by atoms with Crippen molar-refractivity contribution in [3.05, 3.63) is 23.2 Å². The first kappa shape index (κ1) is 15.9. The van der Waals surface area contributed by atoms with Crippen LogP contribution in [0.3, 0.4) is 0 Å². The van der Waals surface area contributed by atoms with Crippen molar-refractivity contribution in [3.63, 3.8) is 0 Å². The van der Waals surface area contributed by atoms with E-state index in [0.29, 0.717) is 5.76 Å². The van der Waals surface area contributed by atoms with E-state index < -0.39 is 17.1 Å². The lowest BCUT2D eigenvalue weighted by molar-refractivity contribution is -0.169. The molecular formula is C19H24O5. The maximum atomic E-state index is 13.2. The Hall–Kier alpha value is -1.62. The molecule has 0 bridgehead atoms. The van der Waals surface area contributed by atoms with Crippen molar-refractivity contribution in [1.29, 1.82) is 0 Å². The minimum absolute atomic E-state index is 0.0819. The van der Waals surface area contributed by atoms with E-state index in [0.717, 1.165) is 24.0 Å². The Labute approximate surface area is 141 Å². The molecule has 0 N–H and O–H groups in total. The van der Waals surface area contributed by atoms with Gasteiger partial charge in [-0.1, -0.05) is 27.7 Å². The lowest BCUT2D eigenvalue weighted by Crippen LogP contribution is -2.58. The van der Waals surface area contributed by atoms with Crippen LogP contribution >= 0.6 is 0 Å². The number of esters is 1. The van der Waals surface area contributed by atoms with Crippen LogP contribution in [-0.4, -0.2) is 23.5 Å². The van der Waals surface area contributed by atoms with Crippen molar-refractivity contribution in [2.75, 3.05) is 0 Å². The summed E-state index contributed by atoms with van der Waals surface area (Å²) in [5.74, 6) is -0.0582. The fourth-order valence-electron chi connectivity index (χ4n) is 4.75. The molecule has 0 radical (unpaired) electrons. The molecule has 1 aromatic rings. The van der Waals surface area contributed by atoms with Crippen molar-refractivity contribution in [1.82, 2.24) is 0 Å². The number of carbonyl (C=O) groups is 2. The highest BCUT2D eigenvalue weighted by atomic mass is 16.6. The van der Waals surface area contributed by atoms with Gasteiger partial charge in [0, 0.05) is 5.56 Å². The number of furan rings is 1. The summed E-state index contributed by atoms with van der Waals surface area (Å²) in [6.07, 6.45) is 2.79. The molecule has 1 spiro atoms. The predicted octanol–water partition coefficient (Wildman–Crippen LogP) is 3.60. The molecule has 24 heavy (non-hydrogen) atoms. The lowest BCUT2D eigenvalue weighted by atomic mass is 9.53. The van der Waals surface area contributed by atoms with Crippen LogP contribution in [0, 0.1) is 24.2 Å². The summed E-state index contributed by atoms with van der Waals surface area (Å²) in [7, 11) is 0. The van der Waals surface area contributed by atoms with E-state index in [4.69, 9.17) is 13.9 Å². The molecule has 1 saturated heterocycles. The predicted molar refractivity (Wildman–Crippen MR) is 85.6 cm³/mol. The topological polar surface area (TPSA) is 69.0 Å². The molecule has 2 aliphatic carbocycles. The van der Waals surface area contributed by atoms with Crippen LogP contribution in [0.25, 0.3) is 0 Å². The van der Waals surface area contributed by atoms with E-state index in [1.54, 1.807) is 6.26 Å². The van der Waals surface area contributed by atoms with Gasteiger partial charge in [-0.25, -0.2) is 0 Å². The minimum Gasteiger partial charge on any atom is -0.460 e. The molecule has 2 fully saturated rings. The van der Waals surface area contributed by atoms with Gasteiger partial charge in [-0.05, 0) is 31.2 Å². The highest BCUT2D eigenvalue weighted by Gasteiger charge is 2.80. The van der Waals surface area contributed by atoms with Gasteiger partial charge in [-0.2, -0.15) is 0 Å². The molecule has 3 aliphatic rings. The van der Waals surface area contributed by atoms with E-state index in [2.05, 4.69) is 6.92 Å². The van der Waals surface area contributed by atoms with Gasteiger partial charge in [0.2, 0.25) is 5.78 Å². The molecule has 1 aromatic heterocycles. The third-order valence-electron chi connectivity index (χ3n) is 6.49. The highest BCUT2D eigenvalue weighted by Crippen LogP contribution is 2.69. The zero-order chi connectivity index (χ0) is 17.4. The van der Waals surface area contributed by atoms with Gasteiger partial charge < -0.3 is 13.9 Å². The van der Waals surface area contributed by atoms with Crippen molar-refractivity contribution < 1.29 is 23.5 Å². The van der Waals surface area contributed by atoms with Gasteiger partial charge in [-0.3, -0.25) is 9.59 Å². The molecule has 1 saturated carbocycles. The molecule has 130 valence electrons. The number of carbonyl (C=O) groups excluding carboxylic acids is 2. The average Bonchev–Trinajstić information content (AvgIpc) is 3.17. The SMILES string of the molecule is Cc1coc2c1[C@@H](OC(=O)C(C)C)[C@]1(C)[C@@H](C)CC[C@@H]3O[C@@]31C2=O. The largest absolute Gasteiger partial charge is 0.460 e. The number of ether oxygens (including phenoxy) is 2. The van der Waals surface area contributed by atoms with Crippen molar-refractivity contribution >= 4 is 11.8 Å². The third-order valence-corrected chi connectivity index (χ3v) is 6.49. The normalized spacial score (nSPS) is 39.9. The summed E-state index contributed by atoms with van der Waals surface area (Å²) in [4.78, 5) is 25.6. The van der Waals surface area contributed by atoms with Crippen LogP contribution in [-0.2, 0) is 14.3 Å². The monoisotopic (exact) mass is 332 g/mol. The van der Waals surface area contributed by atoms with Crippen LogP contribution < -0.4 is 0 Å². The van der Waals surface area contributed by atoms with Crippen molar-refractivity contribution in [2.24, 2.45) is 17.3 Å². The summed E-state index contributed by atoms with van der Waals surface area (Å²) in [6, 6.07) is 0. The Morgan fingerprint density at radius 3 is 2.75 bits per heavy atom. The second kappa shape index (κ2) is 4.72. The summed E-state index contributed by atoms with van der Waals surface area (Å²) in [5.41, 5.74) is 0.111. The fourth-order valence-corrected chi connectivity index (χ4v) is 4.75. The minimum atomic E-state index is -0.899. The molecule has 1 aliphatic heterocycles. The Bertz CT molecular complexity index is 732. The first-order chi connectivity index (χ1) is 11.2. The number of epoxide rings is 1. The highest BCUT2D eigenvalue weighted by molar-refractivity contribution is 6.06. The van der Waals surface area contributed by atoms with Crippen LogP contribution in [0.1, 0.15) is 68.3 Å². The van der Waals surface area contributed by atoms with Gasteiger partial charge >= 0.3 is 5.97 Å². The van der Waals surface area contributed by atoms with E-state index >= 15 is 0 Å². The zero-order valence-corrected chi connectivity index (χ0v) is 14.8. The molecule has 5 heteroatoms. The van der Waals surface area contributed by atoms with Crippen LogP contribution in [0.2, 0.25) is 0 Å². The Morgan fingerprint density at radius 2 is 2.08 bits per heavy atom. The molecule has 0 unspecified atom stereocenters. The first-order valence-electron chi connectivity index (χ1n) is 8.76. The van der Waals surface area contributed by atoms with Crippen molar-refractivity contribution in [2.45, 2.75) is 65.3 Å². The summed E-state index contributed by atoms with van der Waals surface area (Å²) < 4.78 is 17.5. The summed E-state index contributed by atoms with van der Waals surface area (Å²) in [5, 5.41) is 0. The molecular weight excluding hydrogens is 308 g/mol. The van der Waals surface area contributed by atoms with Gasteiger partial charge in [0.25, 0.3) is 0 Å². The first-order valence-corrected chi connectivity index (χ1v) is 8.76. The molecule has 2 heterocycles. The molecule has 0 amide bonds. The second-order valence-electron chi connectivity index (χ2n) is 8.07. The molecule has 5 atom stereocenters. The number of rotatable bonds is 2. The zero-order valence-electron chi connectivity index (χ0n) is 14.8. The maximum Gasteiger partial charge on any atom is 0.309 e. The number of hydrogen-bond acceptors (Lipinski definition) is 5. The van der Waals surface area contributed by atoms with Gasteiger partial charge in [0.1, 0.15) is 6.10 Å². The van der Waals surface area contributed by atoms with E-state index in [1.165, 1.54) is 0 Å². The van der Waals surface area contributed by atoms with E-state index in [9.17, 15) is 9.59 Å². The molecule has 4 rings (SSSR count). The molecule has 0 aromatic carbocycles. The van der Waals surface area contributed by atoms with Crippen LogP contribution in [0.15, 0.2) is 10.7 Å². The van der Waals surface area contributed by atoms with Crippen LogP contribution in [0.4, 0.5) is 0 Å². The maximum absolute atomic E-state index is 13.2. The standard InChI is InChI=1S/C19H24O5/c1-9(2)17(21)23-16-13-10(3)8-22-14(13)15(20)19-12(24-19)7-6-11(4)18(16,19)5/h8-9,11-12,16H,6-7H2,1-5H3/t11-,12-,16+,18-,19+/m0/s1. The third kappa shape index (κ3) is 1.64. The Balaban J connectivity index is 1.91. The summed E-state index contributed by atoms with van der Waals surface area (Å²) in [6.45, 7) is 9.70. The number of aryl methyl sites for hydroxylation is 1. The fraction of sp³-hybridized carbons (Fsp3) is 0.684. The second-order valence-corrected chi connectivity index (χ2v) is 8.07. The van der Waals surface area contributed by atoms with Gasteiger partial charge in [0.15, 0.2) is 11.4 Å². The van der Waals surface area contributed by atoms with Crippen molar-refractivity contribution in [3.8, 4) is 0 Å². The average molecular weight is 332 g/mol. The Kier molecular flexibility index (Phi) is 3.12. The number of Topliss-reactive ketones (excluding diaryl/α,β-unsaturated/α-hetero) is 1. The smallest absolute Gasteiger partial charge is 0.309 e. The number of fused-ring (bicyclic) bond motifs is 1. The van der Waals surface area contributed by atoms with Crippen LogP contribution in [0.5, 0.6) is 0 Å². The summed E-state index contributed by atoms with van der Waals surface area (Å²) >= 11 is 0. The van der Waals surface area contributed by atoms with Gasteiger partial charge in [0.05, 0.1) is 23.7 Å². The lowest BCUT2D eigenvalue weighted by Gasteiger charge is -2.49. The number of hydrogen-bond donors (Lipinski definition) is 0. The molecule has 5 nitrogen and oxygen atoms in total. The Morgan fingerprint density at radius 1 is 1.38 bits per heavy atom. The van der Waals surface area contributed by atoms with E-state index in [-0.39, 0.29) is 29.7 Å². The quantitative estimate of drug-likeness (QED) is 0.611.